The van der Waals surface area contributed by atoms with Gasteiger partial charge in [-0.1, -0.05) is 11.6 Å². The average Bonchev–Trinajstić information content (AvgIpc) is 2.27. The Morgan fingerprint density at radius 3 is 2.71 bits per heavy atom. The maximum Gasteiger partial charge on any atom is 0.146 e. The summed E-state index contributed by atoms with van der Waals surface area (Å²) in [5, 5.41) is 3.12. The molecule has 6 heteroatoms. The first-order chi connectivity index (χ1) is 8.06. The third-order valence-electron chi connectivity index (χ3n) is 1.99. The molecule has 0 aliphatic carbocycles. The summed E-state index contributed by atoms with van der Waals surface area (Å²) in [4.78, 5) is 3.96. The first-order valence-electron chi connectivity index (χ1n) is 4.59. The van der Waals surface area contributed by atoms with Gasteiger partial charge in [-0.25, -0.2) is 13.8 Å². The third-order valence-corrected chi connectivity index (χ3v) is 2.80. The first kappa shape index (κ1) is 12.3. The molecular formula is C11H6BrClF2N2. The van der Waals surface area contributed by atoms with Crippen molar-refractivity contribution < 1.29 is 8.78 Å². The van der Waals surface area contributed by atoms with Gasteiger partial charge < -0.3 is 5.32 Å². The summed E-state index contributed by atoms with van der Waals surface area (Å²) in [6.45, 7) is 0. The number of halogens is 4. The highest BCUT2D eigenvalue weighted by Gasteiger charge is 2.07. The SMILES string of the molecule is Fc1ccc(F)c(Nc2ncc(Cl)cc2Br)c1. The van der Waals surface area contributed by atoms with E-state index in [2.05, 4.69) is 26.2 Å². The molecule has 0 fully saturated rings. The molecule has 0 radical (unpaired) electrons. The molecule has 0 aliphatic rings. The largest absolute Gasteiger partial charge is 0.337 e. The van der Waals surface area contributed by atoms with E-state index < -0.39 is 11.6 Å². The van der Waals surface area contributed by atoms with Crippen molar-refractivity contribution in [2.75, 3.05) is 5.32 Å². The fraction of sp³-hybridized carbons (Fsp3) is 0. The summed E-state index contributed by atoms with van der Waals surface area (Å²) in [5.74, 6) is -0.729. The van der Waals surface area contributed by atoms with E-state index in [1.54, 1.807) is 6.07 Å². The van der Waals surface area contributed by atoms with E-state index >= 15 is 0 Å². The van der Waals surface area contributed by atoms with Gasteiger partial charge in [-0.15, -0.1) is 0 Å². The normalized spacial score (nSPS) is 10.4. The Labute approximate surface area is 110 Å². The molecule has 1 aromatic carbocycles. The van der Waals surface area contributed by atoms with E-state index in [0.29, 0.717) is 15.3 Å². The second-order valence-corrected chi connectivity index (χ2v) is 4.52. The molecular weight excluding hydrogens is 313 g/mol. The van der Waals surface area contributed by atoms with Gasteiger partial charge in [-0.2, -0.15) is 0 Å². The summed E-state index contributed by atoms with van der Waals surface area (Å²) in [5.41, 5.74) is 0.0144. The molecule has 88 valence electrons. The summed E-state index contributed by atoms with van der Waals surface area (Å²) < 4.78 is 26.9. The molecule has 0 atom stereocenters. The lowest BCUT2D eigenvalue weighted by molar-refractivity contribution is 0.603. The van der Waals surface area contributed by atoms with E-state index in [0.717, 1.165) is 18.2 Å². The van der Waals surface area contributed by atoms with Gasteiger partial charge in [0.2, 0.25) is 0 Å². The predicted octanol–water partition coefficient (Wildman–Crippen LogP) is 4.52. The van der Waals surface area contributed by atoms with E-state index in [1.165, 1.54) is 6.20 Å². The molecule has 2 aromatic rings. The van der Waals surface area contributed by atoms with Crippen LogP contribution in [0.1, 0.15) is 0 Å². The zero-order valence-corrected chi connectivity index (χ0v) is 10.7. The first-order valence-corrected chi connectivity index (χ1v) is 5.76. The maximum absolute atomic E-state index is 13.4. The van der Waals surface area contributed by atoms with Gasteiger partial charge in [-0.3, -0.25) is 0 Å². The molecule has 0 bridgehead atoms. The van der Waals surface area contributed by atoms with Crippen molar-refractivity contribution in [1.82, 2.24) is 4.98 Å². The number of pyridine rings is 1. The van der Waals surface area contributed by atoms with Crippen molar-refractivity contribution in [2.24, 2.45) is 0 Å². The number of rotatable bonds is 2. The average molecular weight is 320 g/mol. The van der Waals surface area contributed by atoms with Crippen molar-refractivity contribution in [2.45, 2.75) is 0 Å². The highest BCUT2D eigenvalue weighted by atomic mass is 79.9. The van der Waals surface area contributed by atoms with Crippen molar-refractivity contribution >= 4 is 39.0 Å². The van der Waals surface area contributed by atoms with E-state index in [-0.39, 0.29) is 5.69 Å². The molecule has 1 aromatic heterocycles. The Kier molecular flexibility index (Phi) is 3.59. The fourth-order valence-electron chi connectivity index (χ4n) is 1.23. The van der Waals surface area contributed by atoms with Crippen LogP contribution in [0.2, 0.25) is 5.02 Å². The Morgan fingerprint density at radius 1 is 1.24 bits per heavy atom. The number of hydrogen-bond donors (Lipinski definition) is 1. The van der Waals surface area contributed by atoms with Crippen LogP contribution in [-0.2, 0) is 0 Å². The van der Waals surface area contributed by atoms with Crippen LogP contribution in [0.25, 0.3) is 0 Å². The summed E-state index contributed by atoms with van der Waals surface area (Å²) in [7, 11) is 0. The van der Waals surface area contributed by atoms with Crippen molar-refractivity contribution in [3.05, 3.63) is 51.6 Å². The van der Waals surface area contributed by atoms with Crippen LogP contribution in [0.3, 0.4) is 0 Å². The van der Waals surface area contributed by atoms with Gasteiger partial charge in [0.05, 0.1) is 15.2 Å². The van der Waals surface area contributed by atoms with Crippen molar-refractivity contribution in [1.29, 1.82) is 0 Å². The number of nitrogens with one attached hydrogen (secondary N) is 1. The van der Waals surface area contributed by atoms with Crippen LogP contribution in [0.5, 0.6) is 0 Å². The fourth-order valence-corrected chi connectivity index (χ4v) is 1.97. The van der Waals surface area contributed by atoms with E-state index in [4.69, 9.17) is 11.6 Å². The minimum Gasteiger partial charge on any atom is -0.337 e. The zero-order chi connectivity index (χ0) is 12.4. The zero-order valence-electron chi connectivity index (χ0n) is 8.35. The van der Waals surface area contributed by atoms with Gasteiger partial charge in [-0.05, 0) is 34.1 Å². The highest BCUT2D eigenvalue weighted by Crippen LogP contribution is 2.27. The van der Waals surface area contributed by atoms with Crippen molar-refractivity contribution in [3.8, 4) is 0 Å². The lowest BCUT2D eigenvalue weighted by Crippen LogP contribution is -1.97. The molecule has 0 amide bonds. The molecule has 0 saturated heterocycles. The van der Waals surface area contributed by atoms with Crippen LogP contribution < -0.4 is 5.32 Å². The van der Waals surface area contributed by atoms with E-state index in [9.17, 15) is 8.78 Å². The number of nitrogens with zero attached hydrogens (tertiary/aromatic N) is 1. The Hall–Kier alpha value is -1.20. The maximum atomic E-state index is 13.4. The van der Waals surface area contributed by atoms with E-state index in [1.807, 2.05) is 0 Å². The monoisotopic (exact) mass is 318 g/mol. The van der Waals surface area contributed by atoms with Gasteiger partial charge in [0.1, 0.15) is 17.5 Å². The van der Waals surface area contributed by atoms with Crippen LogP contribution in [0, 0.1) is 11.6 Å². The van der Waals surface area contributed by atoms with Crippen molar-refractivity contribution in [3.63, 3.8) is 0 Å². The van der Waals surface area contributed by atoms with Gasteiger partial charge in [0, 0.05) is 12.3 Å². The second kappa shape index (κ2) is 4.98. The number of anilines is 2. The topological polar surface area (TPSA) is 24.9 Å². The smallest absolute Gasteiger partial charge is 0.146 e. The molecule has 2 rings (SSSR count). The molecule has 0 saturated carbocycles. The van der Waals surface area contributed by atoms with Crippen LogP contribution in [-0.4, -0.2) is 4.98 Å². The molecule has 1 N–H and O–H groups in total. The Morgan fingerprint density at radius 2 is 2.00 bits per heavy atom. The summed E-state index contributed by atoms with van der Waals surface area (Å²) in [6.07, 6.45) is 1.41. The predicted molar refractivity (Wildman–Crippen MR) is 66.6 cm³/mol. The second-order valence-electron chi connectivity index (χ2n) is 3.23. The molecule has 0 spiro atoms. The molecule has 0 unspecified atom stereocenters. The van der Waals surface area contributed by atoms with Crippen LogP contribution >= 0.6 is 27.5 Å². The van der Waals surface area contributed by atoms with Gasteiger partial charge in [0.25, 0.3) is 0 Å². The van der Waals surface area contributed by atoms with Crippen LogP contribution in [0.15, 0.2) is 34.9 Å². The summed E-state index contributed by atoms with van der Waals surface area (Å²) in [6, 6.07) is 4.75. The van der Waals surface area contributed by atoms with Gasteiger partial charge in [0.15, 0.2) is 0 Å². The Bertz CT molecular complexity index is 563. The standard InChI is InChI=1S/C11H6BrClF2N2/c12-8-3-6(13)5-16-11(8)17-10-4-7(14)1-2-9(10)15/h1-5H,(H,16,17). The highest BCUT2D eigenvalue weighted by molar-refractivity contribution is 9.10. The number of benzene rings is 1. The molecule has 1 heterocycles. The molecule has 0 aliphatic heterocycles. The minimum atomic E-state index is -0.560. The lowest BCUT2D eigenvalue weighted by atomic mass is 10.3. The lowest BCUT2D eigenvalue weighted by Gasteiger charge is -2.08. The molecule has 2 nitrogen and oxygen atoms in total. The third kappa shape index (κ3) is 2.92. The van der Waals surface area contributed by atoms with Gasteiger partial charge >= 0.3 is 0 Å². The number of aromatic nitrogens is 1. The quantitative estimate of drug-likeness (QED) is 0.880. The Balaban J connectivity index is 2.34. The number of hydrogen-bond acceptors (Lipinski definition) is 2. The minimum absolute atomic E-state index is 0.0144. The van der Waals surface area contributed by atoms with Crippen LogP contribution in [0.4, 0.5) is 20.3 Å². The summed E-state index contributed by atoms with van der Waals surface area (Å²) >= 11 is 8.94. The molecule has 17 heavy (non-hydrogen) atoms.